The zero-order chi connectivity index (χ0) is 19.5. The van der Waals surface area contributed by atoms with E-state index < -0.39 is 21.5 Å². The third kappa shape index (κ3) is 4.13. The third-order valence-electron chi connectivity index (χ3n) is 3.29. The fourth-order valence-corrected chi connectivity index (χ4v) is 3.30. The summed E-state index contributed by atoms with van der Waals surface area (Å²) in [6.07, 6.45) is 1.94. The van der Waals surface area contributed by atoms with E-state index in [0.29, 0.717) is 4.68 Å². The minimum absolute atomic E-state index is 0.0326. The van der Waals surface area contributed by atoms with Crippen LogP contribution in [0.15, 0.2) is 17.3 Å². The Morgan fingerprint density at radius 1 is 1.46 bits per heavy atom. The number of halogens is 2. The van der Waals surface area contributed by atoms with Crippen LogP contribution in [-0.2, 0) is 16.6 Å². The first-order chi connectivity index (χ1) is 12.2. The first kappa shape index (κ1) is 19.7. The van der Waals surface area contributed by atoms with E-state index in [-0.39, 0.29) is 41.9 Å². The van der Waals surface area contributed by atoms with E-state index in [1.54, 1.807) is 6.92 Å². The van der Waals surface area contributed by atoms with Crippen molar-refractivity contribution < 1.29 is 26.9 Å². The van der Waals surface area contributed by atoms with Crippen LogP contribution in [0, 0.1) is 17.0 Å². The number of sulfonamides is 1. The SMILES string of the molecule is CCOc1nn(CCNS(=O)(=O)c2cnn(C(F)F)c2C)cc1[N+](=O)[O-]. The van der Waals surface area contributed by atoms with Crippen molar-refractivity contribution in [1.29, 1.82) is 0 Å². The van der Waals surface area contributed by atoms with Gasteiger partial charge in [-0.2, -0.15) is 13.9 Å². The van der Waals surface area contributed by atoms with E-state index in [2.05, 4.69) is 14.9 Å². The van der Waals surface area contributed by atoms with E-state index in [9.17, 15) is 27.3 Å². The summed E-state index contributed by atoms with van der Waals surface area (Å²) < 4.78 is 58.4. The maximum atomic E-state index is 12.7. The van der Waals surface area contributed by atoms with Crippen LogP contribution in [0.1, 0.15) is 19.2 Å². The number of hydrogen-bond donors (Lipinski definition) is 1. The summed E-state index contributed by atoms with van der Waals surface area (Å²) in [6.45, 7) is -0.142. The maximum absolute atomic E-state index is 12.7. The maximum Gasteiger partial charge on any atom is 0.350 e. The zero-order valence-electron chi connectivity index (χ0n) is 13.8. The van der Waals surface area contributed by atoms with Gasteiger partial charge in [-0.25, -0.2) is 17.8 Å². The number of hydrogen-bond acceptors (Lipinski definition) is 7. The quantitative estimate of drug-likeness (QED) is 0.496. The van der Waals surface area contributed by atoms with E-state index in [1.165, 1.54) is 6.92 Å². The highest BCUT2D eigenvalue weighted by Crippen LogP contribution is 2.24. The van der Waals surface area contributed by atoms with Gasteiger partial charge in [0.25, 0.3) is 0 Å². The standard InChI is InChI=1S/C12H16F2N6O5S/c1-3-25-11-9(20(21)22)7-18(17-11)5-4-16-26(23,24)10-6-15-19(8(10)2)12(13)14/h6-7,12,16H,3-5H2,1-2H3. The monoisotopic (exact) mass is 394 g/mol. The molecule has 2 aromatic heterocycles. The summed E-state index contributed by atoms with van der Waals surface area (Å²) in [4.78, 5) is 9.87. The first-order valence-corrected chi connectivity index (χ1v) is 8.82. The minimum Gasteiger partial charge on any atom is -0.472 e. The van der Waals surface area contributed by atoms with Gasteiger partial charge < -0.3 is 4.74 Å². The van der Waals surface area contributed by atoms with Crippen molar-refractivity contribution in [2.24, 2.45) is 0 Å². The van der Waals surface area contributed by atoms with Crippen LogP contribution < -0.4 is 9.46 Å². The largest absolute Gasteiger partial charge is 0.472 e. The van der Waals surface area contributed by atoms with Crippen molar-refractivity contribution in [2.75, 3.05) is 13.2 Å². The Kier molecular flexibility index (Phi) is 5.86. The van der Waals surface area contributed by atoms with Crippen LogP contribution in [0.3, 0.4) is 0 Å². The van der Waals surface area contributed by atoms with Crippen molar-refractivity contribution in [3.63, 3.8) is 0 Å². The Bertz CT molecular complexity index is 894. The van der Waals surface area contributed by atoms with Gasteiger partial charge in [-0.1, -0.05) is 0 Å². The fourth-order valence-electron chi connectivity index (χ4n) is 2.11. The molecule has 0 saturated carbocycles. The van der Waals surface area contributed by atoms with Gasteiger partial charge in [0.05, 0.1) is 30.0 Å². The Balaban J connectivity index is 2.07. The van der Waals surface area contributed by atoms with Gasteiger partial charge in [0.2, 0.25) is 10.0 Å². The number of alkyl halides is 2. The Hall–Kier alpha value is -2.61. The van der Waals surface area contributed by atoms with Crippen molar-refractivity contribution in [2.45, 2.75) is 31.8 Å². The van der Waals surface area contributed by atoms with E-state index in [1.807, 2.05) is 0 Å². The lowest BCUT2D eigenvalue weighted by molar-refractivity contribution is -0.385. The molecule has 1 N–H and O–H groups in total. The van der Waals surface area contributed by atoms with Gasteiger partial charge in [-0.3, -0.25) is 14.8 Å². The summed E-state index contributed by atoms with van der Waals surface area (Å²) in [7, 11) is -4.08. The normalized spacial score (nSPS) is 11.9. The topological polar surface area (TPSA) is 134 Å². The van der Waals surface area contributed by atoms with Gasteiger partial charge in [0, 0.05) is 6.54 Å². The van der Waals surface area contributed by atoms with Gasteiger partial charge >= 0.3 is 18.1 Å². The molecule has 0 atom stereocenters. The summed E-state index contributed by atoms with van der Waals surface area (Å²) in [5.41, 5.74) is -0.551. The molecule has 144 valence electrons. The number of nitrogens with one attached hydrogen (secondary N) is 1. The van der Waals surface area contributed by atoms with Gasteiger partial charge in [0.15, 0.2) is 0 Å². The van der Waals surface area contributed by atoms with Crippen LogP contribution in [-0.4, -0.2) is 46.1 Å². The molecule has 0 aliphatic rings. The lowest BCUT2D eigenvalue weighted by Gasteiger charge is -2.07. The molecule has 0 spiro atoms. The molecule has 0 aromatic carbocycles. The molecule has 0 aliphatic carbocycles. The number of ether oxygens (including phenoxy) is 1. The number of rotatable bonds is 9. The molecule has 0 fully saturated rings. The van der Waals surface area contributed by atoms with Crippen molar-refractivity contribution >= 4 is 15.7 Å². The molecule has 26 heavy (non-hydrogen) atoms. The highest BCUT2D eigenvalue weighted by atomic mass is 32.2. The number of nitro groups is 1. The molecular formula is C12H16F2N6O5S. The fraction of sp³-hybridized carbons (Fsp3) is 0.500. The lowest BCUT2D eigenvalue weighted by atomic mass is 10.5. The van der Waals surface area contributed by atoms with Gasteiger partial charge in [-0.15, -0.1) is 5.10 Å². The predicted molar refractivity (Wildman–Crippen MR) is 83.5 cm³/mol. The Labute approximate surface area is 146 Å². The van der Waals surface area contributed by atoms with Gasteiger partial charge in [-0.05, 0) is 13.8 Å². The van der Waals surface area contributed by atoms with E-state index in [4.69, 9.17) is 4.74 Å². The molecule has 0 radical (unpaired) electrons. The molecule has 2 aromatic rings. The summed E-state index contributed by atoms with van der Waals surface area (Å²) in [5.74, 6) is -0.172. The second-order valence-corrected chi connectivity index (χ2v) is 6.72. The molecule has 0 saturated heterocycles. The average molecular weight is 394 g/mol. The van der Waals surface area contributed by atoms with Crippen LogP contribution >= 0.6 is 0 Å². The molecule has 14 heteroatoms. The Morgan fingerprint density at radius 2 is 2.15 bits per heavy atom. The first-order valence-electron chi connectivity index (χ1n) is 7.34. The predicted octanol–water partition coefficient (Wildman–Crippen LogP) is 1.07. The lowest BCUT2D eigenvalue weighted by Crippen LogP contribution is -2.28. The molecule has 0 bridgehead atoms. The third-order valence-corrected chi connectivity index (χ3v) is 4.86. The minimum atomic E-state index is -4.08. The Morgan fingerprint density at radius 3 is 2.69 bits per heavy atom. The average Bonchev–Trinajstić information content (AvgIpc) is 3.11. The van der Waals surface area contributed by atoms with Crippen molar-refractivity contribution in [1.82, 2.24) is 24.3 Å². The highest BCUT2D eigenvalue weighted by molar-refractivity contribution is 7.89. The van der Waals surface area contributed by atoms with Gasteiger partial charge in [0.1, 0.15) is 11.1 Å². The second-order valence-electron chi connectivity index (χ2n) is 4.99. The number of nitrogens with zero attached hydrogens (tertiary/aromatic N) is 5. The molecule has 0 unspecified atom stereocenters. The van der Waals surface area contributed by atoms with Crippen LogP contribution in [0.5, 0.6) is 5.88 Å². The summed E-state index contributed by atoms with van der Waals surface area (Å²) >= 11 is 0. The molecule has 2 heterocycles. The van der Waals surface area contributed by atoms with Crippen LogP contribution in [0.25, 0.3) is 0 Å². The molecular weight excluding hydrogens is 378 g/mol. The van der Waals surface area contributed by atoms with Crippen molar-refractivity contribution in [3.8, 4) is 5.88 Å². The molecule has 0 amide bonds. The molecule has 2 rings (SSSR count). The highest BCUT2D eigenvalue weighted by Gasteiger charge is 2.24. The van der Waals surface area contributed by atoms with E-state index >= 15 is 0 Å². The smallest absolute Gasteiger partial charge is 0.350 e. The van der Waals surface area contributed by atoms with E-state index in [0.717, 1.165) is 17.1 Å². The second kappa shape index (κ2) is 7.74. The van der Waals surface area contributed by atoms with Crippen LogP contribution in [0.4, 0.5) is 14.5 Å². The molecule has 0 aliphatic heterocycles. The summed E-state index contributed by atoms with van der Waals surface area (Å²) in [6, 6.07) is 0. The van der Waals surface area contributed by atoms with Crippen LogP contribution in [0.2, 0.25) is 0 Å². The van der Waals surface area contributed by atoms with Crippen molar-refractivity contribution in [3.05, 3.63) is 28.2 Å². The summed E-state index contributed by atoms with van der Waals surface area (Å²) in [5, 5.41) is 18.1. The zero-order valence-corrected chi connectivity index (χ0v) is 14.6. The molecule has 11 nitrogen and oxygen atoms in total. The number of aromatic nitrogens is 4.